The van der Waals surface area contributed by atoms with Gasteiger partial charge in [0, 0.05) is 11.3 Å². The number of oxime groups is 1. The molecule has 0 saturated heterocycles. The maximum Gasteiger partial charge on any atom is 0.230 e. The molecule has 0 aromatic rings. The van der Waals surface area contributed by atoms with Crippen LogP contribution in [0.1, 0.15) is 26.2 Å². The van der Waals surface area contributed by atoms with E-state index in [4.69, 9.17) is 10.9 Å². The molecule has 0 aliphatic heterocycles. The molecular weight excluding hydrogens is 226 g/mol. The Hall–Kier alpha value is -0.910. The van der Waals surface area contributed by atoms with Crippen molar-refractivity contribution in [1.82, 2.24) is 5.32 Å². The van der Waals surface area contributed by atoms with Crippen molar-refractivity contribution in [2.24, 2.45) is 16.8 Å². The number of nitrogens with one attached hydrogen (secondary N) is 1. The summed E-state index contributed by atoms with van der Waals surface area (Å²) >= 11 is 1.80. The Labute approximate surface area is 99.8 Å². The molecule has 4 N–H and O–H groups in total. The molecule has 1 saturated carbocycles. The SMILES string of the molecule is CSC1(CNC(=O)C(C)C(N)=NO)CCC1. The predicted octanol–water partition coefficient (Wildman–Crippen LogP) is 0.771. The van der Waals surface area contributed by atoms with E-state index in [2.05, 4.69) is 16.7 Å². The molecule has 0 aromatic heterocycles. The Kier molecular flexibility index (Phi) is 4.46. The molecule has 1 rings (SSSR count). The Morgan fingerprint density at radius 1 is 1.69 bits per heavy atom. The largest absolute Gasteiger partial charge is 0.409 e. The lowest BCUT2D eigenvalue weighted by molar-refractivity contribution is -0.122. The number of carbonyl (C=O) groups excluding carboxylic acids is 1. The lowest BCUT2D eigenvalue weighted by atomic mass is 9.84. The van der Waals surface area contributed by atoms with Gasteiger partial charge in [0.2, 0.25) is 5.91 Å². The van der Waals surface area contributed by atoms with E-state index in [1.807, 2.05) is 0 Å². The molecule has 1 aliphatic rings. The molecule has 92 valence electrons. The second-order valence-electron chi connectivity index (χ2n) is 4.21. The number of nitrogens with zero attached hydrogens (tertiary/aromatic N) is 1. The zero-order valence-corrected chi connectivity index (χ0v) is 10.5. The van der Waals surface area contributed by atoms with Gasteiger partial charge in [0.15, 0.2) is 5.84 Å². The van der Waals surface area contributed by atoms with Gasteiger partial charge in [-0.15, -0.1) is 0 Å². The summed E-state index contributed by atoms with van der Waals surface area (Å²) in [6.45, 7) is 2.28. The van der Waals surface area contributed by atoms with Gasteiger partial charge in [-0.3, -0.25) is 4.79 Å². The minimum absolute atomic E-state index is 0.0516. The first-order valence-electron chi connectivity index (χ1n) is 5.35. The number of carbonyl (C=O) groups is 1. The van der Waals surface area contributed by atoms with Gasteiger partial charge in [0.1, 0.15) is 0 Å². The van der Waals surface area contributed by atoms with Crippen LogP contribution in [0.4, 0.5) is 0 Å². The third-order valence-corrected chi connectivity index (χ3v) is 4.65. The molecule has 1 fully saturated rings. The van der Waals surface area contributed by atoms with Crippen molar-refractivity contribution < 1.29 is 10.0 Å². The third kappa shape index (κ3) is 2.81. The Morgan fingerprint density at radius 3 is 2.69 bits per heavy atom. The lowest BCUT2D eigenvalue weighted by Gasteiger charge is -2.40. The van der Waals surface area contributed by atoms with Crippen LogP contribution in [0.2, 0.25) is 0 Å². The summed E-state index contributed by atoms with van der Waals surface area (Å²) in [5.74, 6) is -0.816. The normalized spacial score (nSPS) is 21.0. The van der Waals surface area contributed by atoms with Crippen molar-refractivity contribution in [2.45, 2.75) is 30.9 Å². The van der Waals surface area contributed by atoms with Gasteiger partial charge in [0.25, 0.3) is 0 Å². The maximum atomic E-state index is 11.7. The monoisotopic (exact) mass is 245 g/mol. The molecule has 0 heterocycles. The summed E-state index contributed by atoms with van der Waals surface area (Å²) in [4.78, 5) is 11.7. The second kappa shape index (κ2) is 5.43. The average Bonchev–Trinajstić information content (AvgIpc) is 2.25. The first-order chi connectivity index (χ1) is 7.54. The predicted molar refractivity (Wildman–Crippen MR) is 65.7 cm³/mol. The highest BCUT2D eigenvalue weighted by atomic mass is 32.2. The number of amidine groups is 1. The molecule has 1 amide bonds. The third-order valence-electron chi connectivity index (χ3n) is 3.23. The number of nitrogens with two attached hydrogens (primary N) is 1. The van der Waals surface area contributed by atoms with E-state index >= 15 is 0 Å². The Balaban J connectivity index is 2.40. The minimum Gasteiger partial charge on any atom is -0.409 e. The fraction of sp³-hybridized carbons (Fsp3) is 0.800. The van der Waals surface area contributed by atoms with Crippen LogP contribution in [-0.4, -0.2) is 34.5 Å². The van der Waals surface area contributed by atoms with Gasteiger partial charge in [-0.05, 0) is 26.0 Å². The molecule has 1 aliphatic carbocycles. The van der Waals surface area contributed by atoms with Crippen LogP contribution in [-0.2, 0) is 4.79 Å². The summed E-state index contributed by atoms with van der Waals surface area (Å²) in [7, 11) is 0. The molecule has 0 aromatic carbocycles. The van der Waals surface area contributed by atoms with E-state index in [0.717, 1.165) is 12.8 Å². The minimum atomic E-state index is -0.580. The quantitative estimate of drug-likeness (QED) is 0.289. The van der Waals surface area contributed by atoms with Crippen LogP contribution in [0.25, 0.3) is 0 Å². The first kappa shape index (κ1) is 13.2. The molecule has 0 spiro atoms. The number of rotatable bonds is 5. The topological polar surface area (TPSA) is 87.7 Å². The molecule has 5 nitrogen and oxygen atoms in total. The summed E-state index contributed by atoms with van der Waals surface area (Å²) in [6, 6.07) is 0. The molecule has 0 bridgehead atoms. The molecule has 0 radical (unpaired) electrons. The Morgan fingerprint density at radius 2 is 2.31 bits per heavy atom. The highest BCUT2D eigenvalue weighted by Gasteiger charge is 2.36. The molecule has 1 unspecified atom stereocenters. The summed E-state index contributed by atoms with van der Waals surface area (Å²) in [6.07, 6.45) is 5.59. The van der Waals surface area contributed by atoms with E-state index in [9.17, 15) is 4.79 Å². The number of amides is 1. The zero-order chi connectivity index (χ0) is 12.2. The number of hydrogen-bond acceptors (Lipinski definition) is 4. The van der Waals surface area contributed by atoms with Crippen LogP contribution in [0.5, 0.6) is 0 Å². The first-order valence-corrected chi connectivity index (χ1v) is 6.57. The standard InChI is InChI=1S/C10H19N3O2S/c1-7(8(11)13-15)9(14)12-6-10(16-2)4-3-5-10/h7,15H,3-6H2,1-2H3,(H2,11,13)(H,12,14). The molecule has 16 heavy (non-hydrogen) atoms. The van der Waals surface area contributed by atoms with Crippen LogP contribution in [0.15, 0.2) is 5.16 Å². The van der Waals surface area contributed by atoms with E-state index in [0.29, 0.717) is 6.54 Å². The van der Waals surface area contributed by atoms with Crippen LogP contribution in [0.3, 0.4) is 0 Å². The summed E-state index contributed by atoms with van der Waals surface area (Å²) in [5, 5.41) is 14.2. The van der Waals surface area contributed by atoms with E-state index < -0.39 is 5.92 Å². The van der Waals surface area contributed by atoms with Crippen molar-refractivity contribution in [2.75, 3.05) is 12.8 Å². The molecule has 1 atom stereocenters. The average molecular weight is 245 g/mol. The van der Waals surface area contributed by atoms with Gasteiger partial charge in [0.05, 0.1) is 5.92 Å². The Bertz CT molecular complexity index is 284. The van der Waals surface area contributed by atoms with Crippen molar-refractivity contribution in [1.29, 1.82) is 0 Å². The highest BCUT2D eigenvalue weighted by Crippen LogP contribution is 2.42. The van der Waals surface area contributed by atoms with Crippen molar-refractivity contribution in [3.05, 3.63) is 0 Å². The highest BCUT2D eigenvalue weighted by molar-refractivity contribution is 8.00. The fourth-order valence-electron chi connectivity index (χ4n) is 1.65. The van der Waals surface area contributed by atoms with E-state index in [1.165, 1.54) is 6.42 Å². The fourth-order valence-corrected chi connectivity index (χ4v) is 2.56. The zero-order valence-electron chi connectivity index (χ0n) is 9.69. The van der Waals surface area contributed by atoms with E-state index in [1.54, 1.807) is 18.7 Å². The van der Waals surface area contributed by atoms with Crippen LogP contribution in [0, 0.1) is 5.92 Å². The van der Waals surface area contributed by atoms with Crippen LogP contribution < -0.4 is 11.1 Å². The summed E-state index contributed by atoms with van der Waals surface area (Å²) in [5.41, 5.74) is 5.37. The number of thioether (sulfide) groups is 1. The lowest BCUT2D eigenvalue weighted by Crippen LogP contribution is -2.47. The van der Waals surface area contributed by atoms with Gasteiger partial charge in [-0.1, -0.05) is 11.6 Å². The number of hydrogen-bond donors (Lipinski definition) is 3. The summed E-state index contributed by atoms with van der Waals surface area (Å²) < 4.78 is 0.209. The van der Waals surface area contributed by atoms with Crippen molar-refractivity contribution in [3.63, 3.8) is 0 Å². The maximum absolute atomic E-state index is 11.7. The molecule has 6 heteroatoms. The van der Waals surface area contributed by atoms with Crippen molar-refractivity contribution >= 4 is 23.5 Å². The van der Waals surface area contributed by atoms with E-state index in [-0.39, 0.29) is 16.5 Å². The van der Waals surface area contributed by atoms with Gasteiger partial charge in [-0.25, -0.2) is 0 Å². The molecular formula is C10H19N3O2S. The van der Waals surface area contributed by atoms with Crippen molar-refractivity contribution in [3.8, 4) is 0 Å². The van der Waals surface area contributed by atoms with Gasteiger partial charge in [-0.2, -0.15) is 11.8 Å². The van der Waals surface area contributed by atoms with Gasteiger partial charge >= 0.3 is 0 Å². The van der Waals surface area contributed by atoms with Gasteiger partial charge < -0.3 is 16.3 Å². The van der Waals surface area contributed by atoms with Crippen LogP contribution >= 0.6 is 11.8 Å². The smallest absolute Gasteiger partial charge is 0.230 e. The second-order valence-corrected chi connectivity index (χ2v) is 5.48.